The molecule has 1 saturated carbocycles. The van der Waals surface area contributed by atoms with Crippen LogP contribution in [0.4, 0.5) is 4.79 Å². The molecule has 2 N–H and O–H groups in total. The van der Waals surface area contributed by atoms with Gasteiger partial charge in [-0.05, 0) is 37.0 Å². The molecule has 0 saturated heterocycles. The van der Waals surface area contributed by atoms with Crippen LogP contribution < -0.4 is 21.0 Å². The van der Waals surface area contributed by atoms with Gasteiger partial charge in [0.2, 0.25) is 0 Å². The molecule has 7 nitrogen and oxygen atoms in total. The van der Waals surface area contributed by atoms with Gasteiger partial charge in [-0.1, -0.05) is 19.8 Å². The van der Waals surface area contributed by atoms with E-state index in [0.29, 0.717) is 17.3 Å². The first-order chi connectivity index (χ1) is 12.5. The van der Waals surface area contributed by atoms with Crippen molar-refractivity contribution in [2.45, 2.75) is 38.6 Å². The molecule has 1 aliphatic carbocycles. The Labute approximate surface area is 150 Å². The third-order valence-electron chi connectivity index (χ3n) is 4.65. The summed E-state index contributed by atoms with van der Waals surface area (Å²) in [6.07, 6.45) is 4.28. The first-order valence-electron chi connectivity index (χ1n) is 8.78. The molecule has 1 aliphatic rings. The molecule has 0 bridgehead atoms. The summed E-state index contributed by atoms with van der Waals surface area (Å²) in [4.78, 5) is 35.1. The summed E-state index contributed by atoms with van der Waals surface area (Å²) < 4.78 is 10.4. The lowest BCUT2D eigenvalue weighted by Gasteiger charge is -2.29. The highest BCUT2D eigenvalue weighted by Gasteiger charge is 2.23. The smallest absolute Gasteiger partial charge is 0.336 e. The van der Waals surface area contributed by atoms with E-state index in [-0.39, 0.29) is 12.6 Å². The molecule has 3 rings (SSSR count). The van der Waals surface area contributed by atoms with Crippen LogP contribution in [0.3, 0.4) is 0 Å². The van der Waals surface area contributed by atoms with Gasteiger partial charge in [-0.25, -0.2) is 9.59 Å². The van der Waals surface area contributed by atoms with Gasteiger partial charge in [-0.3, -0.25) is 10.1 Å². The fraction of sp³-hybridized carbons (Fsp3) is 0.421. The van der Waals surface area contributed by atoms with Crippen molar-refractivity contribution in [1.29, 1.82) is 0 Å². The average Bonchev–Trinajstić information content (AvgIpc) is 2.61. The monoisotopic (exact) mass is 358 g/mol. The molecule has 26 heavy (non-hydrogen) atoms. The maximum atomic E-state index is 11.9. The minimum atomic E-state index is -0.541. The Bertz CT molecular complexity index is 860. The minimum absolute atomic E-state index is 0.0980. The average molecular weight is 358 g/mol. The van der Waals surface area contributed by atoms with Crippen LogP contribution in [0.1, 0.15) is 32.6 Å². The Kier molecular flexibility index (Phi) is 5.55. The number of hydrogen-bond donors (Lipinski definition) is 2. The zero-order valence-electron chi connectivity index (χ0n) is 14.6. The lowest BCUT2D eigenvalue weighted by Crippen LogP contribution is -2.48. The number of nitrogens with one attached hydrogen (secondary N) is 2. The number of ether oxygens (including phenoxy) is 1. The number of amides is 3. The van der Waals surface area contributed by atoms with Crippen LogP contribution >= 0.6 is 0 Å². The number of carbonyl (C=O) groups is 2. The molecule has 0 aliphatic heterocycles. The lowest BCUT2D eigenvalue weighted by molar-refractivity contribution is -0.122. The van der Waals surface area contributed by atoms with E-state index >= 15 is 0 Å². The third kappa shape index (κ3) is 4.62. The highest BCUT2D eigenvalue weighted by atomic mass is 16.5. The minimum Gasteiger partial charge on any atom is -0.484 e. The highest BCUT2D eigenvalue weighted by molar-refractivity contribution is 5.95. The van der Waals surface area contributed by atoms with Crippen LogP contribution in [0.15, 0.2) is 39.5 Å². The van der Waals surface area contributed by atoms with Crippen molar-refractivity contribution in [2.75, 3.05) is 6.61 Å². The molecular formula is C19H22N2O5. The summed E-state index contributed by atoms with van der Waals surface area (Å²) in [6, 6.07) is 7.51. The number of rotatable bonds is 4. The van der Waals surface area contributed by atoms with Gasteiger partial charge in [-0.2, -0.15) is 0 Å². The molecule has 0 unspecified atom stereocenters. The van der Waals surface area contributed by atoms with Gasteiger partial charge < -0.3 is 14.5 Å². The molecule has 1 fully saturated rings. The van der Waals surface area contributed by atoms with Gasteiger partial charge in [0.15, 0.2) is 6.61 Å². The molecule has 7 heteroatoms. The summed E-state index contributed by atoms with van der Waals surface area (Å²) in [6.45, 7) is 1.79. The molecule has 2 aromatic rings. The Morgan fingerprint density at radius 1 is 1.19 bits per heavy atom. The van der Waals surface area contributed by atoms with Crippen LogP contribution in [-0.2, 0) is 4.79 Å². The molecule has 3 amide bonds. The van der Waals surface area contributed by atoms with E-state index in [1.54, 1.807) is 18.2 Å². The summed E-state index contributed by atoms with van der Waals surface area (Å²) in [5.41, 5.74) is -0.0829. The topological polar surface area (TPSA) is 97.6 Å². The van der Waals surface area contributed by atoms with Crippen molar-refractivity contribution in [3.63, 3.8) is 0 Å². The third-order valence-corrected chi connectivity index (χ3v) is 4.65. The SMILES string of the molecule is C[C@H]1CCCC[C@H]1NC(=O)NC(=O)COc1ccc2ccc(=O)oc2c1. The Morgan fingerprint density at radius 3 is 2.77 bits per heavy atom. The van der Waals surface area contributed by atoms with Gasteiger partial charge in [-0.15, -0.1) is 0 Å². The van der Waals surface area contributed by atoms with Gasteiger partial charge >= 0.3 is 11.7 Å². The number of carbonyl (C=O) groups excluding carboxylic acids is 2. The second kappa shape index (κ2) is 8.03. The molecule has 0 spiro atoms. The first-order valence-corrected chi connectivity index (χ1v) is 8.78. The zero-order valence-corrected chi connectivity index (χ0v) is 14.6. The fourth-order valence-electron chi connectivity index (χ4n) is 3.18. The van der Waals surface area contributed by atoms with E-state index in [1.165, 1.54) is 18.6 Å². The van der Waals surface area contributed by atoms with Crippen LogP contribution in [0.25, 0.3) is 11.0 Å². The van der Waals surface area contributed by atoms with Crippen LogP contribution in [-0.4, -0.2) is 24.6 Å². The van der Waals surface area contributed by atoms with E-state index in [0.717, 1.165) is 24.6 Å². The van der Waals surface area contributed by atoms with Crippen LogP contribution in [0.5, 0.6) is 5.75 Å². The standard InChI is InChI=1S/C19H22N2O5/c1-12-4-2-3-5-15(12)20-19(24)21-17(22)11-25-14-8-6-13-7-9-18(23)26-16(13)10-14/h6-10,12,15H,2-5,11H2,1H3,(H2,20,21,22,24)/t12-,15+/m0/s1. The maximum absolute atomic E-state index is 11.9. The van der Waals surface area contributed by atoms with Crippen molar-refractivity contribution in [1.82, 2.24) is 10.6 Å². The van der Waals surface area contributed by atoms with Crippen molar-refractivity contribution in [3.05, 3.63) is 40.8 Å². The molecule has 1 aromatic carbocycles. The molecule has 1 heterocycles. The predicted molar refractivity (Wildman–Crippen MR) is 96.1 cm³/mol. The number of urea groups is 1. The summed E-state index contributed by atoms with van der Waals surface area (Å²) >= 11 is 0. The Balaban J connectivity index is 1.50. The van der Waals surface area contributed by atoms with Crippen LogP contribution in [0.2, 0.25) is 0 Å². The maximum Gasteiger partial charge on any atom is 0.336 e. The molecular weight excluding hydrogens is 336 g/mol. The quantitative estimate of drug-likeness (QED) is 0.819. The highest BCUT2D eigenvalue weighted by Crippen LogP contribution is 2.23. The lowest BCUT2D eigenvalue weighted by atomic mass is 9.86. The van der Waals surface area contributed by atoms with E-state index in [1.807, 2.05) is 0 Å². The number of benzene rings is 1. The normalized spacial score (nSPS) is 19.7. The van der Waals surface area contributed by atoms with Crippen molar-refractivity contribution in [2.24, 2.45) is 5.92 Å². The largest absolute Gasteiger partial charge is 0.484 e. The van der Waals surface area contributed by atoms with Crippen molar-refractivity contribution in [3.8, 4) is 5.75 Å². The van der Waals surface area contributed by atoms with E-state index in [2.05, 4.69) is 17.6 Å². The van der Waals surface area contributed by atoms with E-state index < -0.39 is 17.6 Å². The summed E-state index contributed by atoms with van der Waals surface area (Å²) in [7, 11) is 0. The number of hydrogen-bond acceptors (Lipinski definition) is 5. The number of fused-ring (bicyclic) bond motifs is 1. The second-order valence-corrected chi connectivity index (χ2v) is 6.63. The Hall–Kier alpha value is -2.83. The predicted octanol–water partition coefficient (Wildman–Crippen LogP) is 2.58. The van der Waals surface area contributed by atoms with Gasteiger partial charge in [0, 0.05) is 23.6 Å². The molecule has 2 atom stereocenters. The van der Waals surface area contributed by atoms with Gasteiger partial charge in [0.05, 0.1) is 0 Å². The summed E-state index contributed by atoms with van der Waals surface area (Å²) in [5.74, 6) is 0.247. The van der Waals surface area contributed by atoms with Crippen LogP contribution in [0, 0.1) is 5.92 Å². The van der Waals surface area contributed by atoms with E-state index in [9.17, 15) is 14.4 Å². The fourth-order valence-corrected chi connectivity index (χ4v) is 3.18. The Morgan fingerprint density at radius 2 is 1.96 bits per heavy atom. The van der Waals surface area contributed by atoms with Gasteiger partial charge in [0.25, 0.3) is 5.91 Å². The zero-order chi connectivity index (χ0) is 18.5. The molecule has 1 aromatic heterocycles. The molecule has 0 radical (unpaired) electrons. The number of imide groups is 1. The molecule has 138 valence electrons. The van der Waals surface area contributed by atoms with Gasteiger partial charge in [0.1, 0.15) is 11.3 Å². The first kappa shape index (κ1) is 18.0. The van der Waals surface area contributed by atoms with Crippen molar-refractivity contribution < 1.29 is 18.7 Å². The van der Waals surface area contributed by atoms with E-state index in [4.69, 9.17) is 9.15 Å². The summed E-state index contributed by atoms with van der Waals surface area (Å²) in [5, 5.41) is 5.88. The second-order valence-electron chi connectivity index (χ2n) is 6.63. The van der Waals surface area contributed by atoms with Crippen molar-refractivity contribution >= 4 is 22.9 Å².